The van der Waals surface area contributed by atoms with E-state index in [1.807, 2.05) is 4.90 Å². The fourth-order valence-corrected chi connectivity index (χ4v) is 3.79. The Morgan fingerprint density at radius 1 is 1.24 bits per heavy atom. The number of hydrogen-bond donors (Lipinski definition) is 1. The Hall–Kier alpha value is -0.770. The molecule has 3 nitrogen and oxygen atoms in total. The average Bonchev–Trinajstić information content (AvgIpc) is 2.92. The molecule has 114 valence electrons. The largest absolute Gasteiger partial charge is 0.342 e. The number of carbonyl (C=O) groups excluding carboxylic acids is 1. The van der Waals surface area contributed by atoms with Gasteiger partial charge in [-0.05, 0) is 55.0 Å². The molecule has 0 aliphatic carbocycles. The second-order valence-electron chi connectivity index (χ2n) is 6.22. The Bertz CT molecular complexity index is 531. The number of rotatable bonds is 2. The summed E-state index contributed by atoms with van der Waals surface area (Å²) in [5.74, 6) is 0.153. The van der Waals surface area contributed by atoms with Crippen molar-refractivity contribution in [3.8, 4) is 0 Å². The SMILES string of the molecule is O=C(Cc1cc(Cl)ccc1Cl)N1CCC2(CCNC2)CC1. The summed E-state index contributed by atoms with van der Waals surface area (Å²) in [4.78, 5) is 14.4. The first kappa shape index (κ1) is 15.1. The van der Waals surface area contributed by atoms with Gasteiger partial charge in [0.05, 0.1) is 6.42 Å². The Kier molecular flexibility index (Phi) is 4.43. The van der Waals surface area contributed by atoms with Crippen LogP contribution in [0.5, 0.6) is 0 Å². The highest BCUT2D eigenvalue weighted by Gasteiger charge is 2.37. The lowest BCUT2D eigenvalue weighted by Crippen LogP contribution is -2.44. The summed E-state index contributed by atoms with van der Waals surface area (Å²) in [7, 11) is 0. The average molecular weight is 327 g/mol. The smallest absolute Gasteiger partial charge is 0.227 e. The second kappa shape index (κ2) is 6.15. The molecule has 1 N–H and O–H groups in total. The number of piperidine rings is 1. The molecule has 3 rings (SSSR count). The molecule has 2 saturated heterocycles. The highest BCUT2D eigenvalue weighted by atomic mass is 35.5. The summed E-state index contributed by atoms with van der Waals surface area (Å²) in [6, 6.07) is 5.28. The highest BCUT2D eigenvalue weighted by molar-refractivity contribution is 6.33. The zero-order valence-corrected chi connectivity index (χ0v) is 13.5. The molecule has 0 bridgehead atoms. The van der Waals surface area contributed by atoms with E-state index in [1.54, 1.807) is 18.2 Å². The number of amides is 1. The van der Waals surface area contributed by atoms with E-state index in [0.29, 0.717) is 21.9 Å². The first-order valence-corrected chi connectivity index (χ1v) is 8.26. The fourth-order valence-electron chi connectivity index (χ4n) is 3.41. The number of hydrogen-bond acceptors (Lipinski definition) is 2. The van der Waals surface area contributed by atoms with Crippen LogP contribution in [0.25, 0.3) is 0 Å². The predicted molar refractivity (Wildman–Crippen MR) is 85.9 cm³/mol. The summed E-state index contributed by atoms with van der Waals surface area (Å²) in [6.07, 6.45) is 3.80. The number of carbonyl (C=O) groups is 1. The van der Waals surface area contributed by atoms with Crippen molar-refractivity contribution in [3.05, 3.63) is 33.8 Å². The van der Waals surface area contributed by atoms with Gasteiger partial charge in [0, 0.05) is 29.7 Å². The van der Waals surface area contributed by atoms with E-state index < -0.39 is 0 Å². The fraction of sp³-hybridized carbons (Fsp3) is 0.562. The van der Waals surface area contributed by atoms with Crippen LogP contribution < -0.4 is 5.32 Å². The Morgan fingerprint density at radius 3 is 2.67 bits per heavy atom. The number of halogens is 2. The zero-order valence-electron chi connectivity index (χ0n) is 12.0. The van der Waals surface area contributed by atoms with Gasteiger partial charge < -0.3 is 10.2 Å². The molecule has 1 aromatic rings. The molecular formula is C16H20Cl2N2O. The van der Waals surface area contributed by atoms with Gasteiger partial charge in [0.1, 0.15) is 0 Å². The van der Waals surface area contributed by atoms with Crippen molar-refractivity contribution in [1.29, 1.82) is 0 Å². The van der Waals surface area contributed by atoms with Gasteiger partial charge in [0.2, 0.25) is 5.91 Å². The Balaban J connectivity index is 1.60. The summed E-state index contributed by atoms with van der Waals surface area (Å²) >= 11 is 12.1. The first-order chi connectivity index (χ1) is 10.1. The molecular weight excluding hydrogens is 307 g/mol. The van der Waals surface area contributed by atoms with Crippen molar-refractivity contribution in [2.45, 2.75) is 25.7 Å². The molecule has 1 amide bonds. The second-order valence-corrected chi connectivity index (χ2v) is 7.06. The standard InChI is InChI=1S/C16H20Cl2N2O/c17-13-1-2-14(18)12(9-13)10-15(21)20-7-4-16(5-8-20)3-6-19-11-16/h1-2,9,19H,3-8,10-11H2. The van der Waals surface area contributed by atoms with Crippen LogP contribution in [0.2, 0.25) is 10.0 Å². The maximum absolute atomic E-state index is 12.4. The monoisotopic (exact) mass is 326 g/mol. The molecule has 1 spiro atoms. The molecule has 2 fully saturated rings. The third-order valence-corrected chi connectivity index (χ3v) is 5.46. The summed E-state index contributed by atoms with van der Waals surface area (Å²) in [5, 5.41) is 4.68. The molecule has 0 saturated carbocycles. The van der Waals surface area contributed by atoms with Crippen LogP contribution in [0.1, 0.15) is 24.8 Å². The van der Waals surface area contributed by atoms with Crippen molar-refractivity contribution in [1.82, 2.24) is 10.2 Å². The molecule has 0 unspecified atom stereocenters. The van der Waals surface area contributed by atoms with Gasteiger partial charge in [-0.1, -0.05) is 23.2 Å². The van der Waals surface area contributed by atoms with Gasteiger partial charge in [0.15, 0.2) is 0 Å². The molecule has 2 heterocycles. The van der Waals surface area contributed by atoms with E-state index in [-0.39, 0.29) is 5.91 Å². The Labute approximate surface area is 135 Å². The van der Waals surface area contributed by atoms with E-state index in [0.717, 1.165) is 44.6 Å². The van der Waals surface area contributed by atoms with E-state index in [1.165, 1.54) is 6.42 Å². The van der Waals surface area contributed by atoms with Crippen molar-refractivity contribution in [3.63, 3.8) is 0 Å². The number of likely N-dealkylation sites (tertiary alicyclic amines) is 1. The van der Waals surface area contributed by atoms with Crippen molar-refractivity contribution in [2.24, 2.45) is 5.41 Å². The molecule has 0 aromatic heterocycles. The molecule has 2 aliphatic rings. The number of nitrogens with one attached hydrogen (secondary N) is 1. The molecule has 0 radical (unpaired) electrons. The molecule has 2 aliphatic heterocycles. The van der Waals surface area contributed by atoms with Crippen LogP contribution in [-0.2, 0) is 11.2 Å². The number of benzene rings is 1. The highest BCUT2D eigenvalue weighted by Crippen LogP contribution is 2.37. The van der Waals surface area contributed by atoms with Crippen LogP contribution in [0.3, 0.4) is 0 Å². The van der Waals surface area contributed by atoms with Crippen molar-refractivity contribution < 1.29 is 4.79 Å². The van der Waals surface area contributed by atoms with Crippen LogP contribution in [0.15, 0.2) is 18.2 Å². The van der Waals surface area contributed by atoms with Crippen molar-refractivity contribution >= 4 is 29.1 Å². The lowest BCUT2D eigenvalue weighted by Gasteiger charge is -2.39. The minimum Gasteiger partial charge on any atom is -0.342 e. The molecule has 1 aromatic carbocycles. The van der Waals surface area contributed by atoms with Crippen molar-refractivity contribution in [2.75, 3.05) is 26.2 Å². The van der Waals surface area contributed by atoms with Gasteiger partial charge in [-0.3, -0.25) is 4.79 Å². The van der Waals surface area contributed by atoms with Gasteiger partial charge in [-0.15, -0.1) is 0 Å². The van der Waals surface area contributed by atoms with Crippen LogP contribution in [0, 0.1) is 5.41 Å². The number of nitrogens with zero attached hydrogens (tertiary/aromatic N) is 1. The van der Waals surface area contributed by atoms with Crippen LogP contribution in [0.4, 0.5) is 0 Å². The first-order valence-electron chi connectivity index (χ1n) is 7.50. The summed E-state index contributed by atoms with van der Waals surface area (Å²) < 4.78 is 0. The Morgan fingerprint density at radius 2 is 2.00 bits per heavy atom. The van der Waals surface area contributed by atoms with Gasteiger partial charge in [-0.25, -0.2) is 0 Å². The van der Waals surface area contributed by atoms with E-state index >= 15 is 0 Å². The van der Waals surface area contributed by atoms with Gasteiger partial charge >= 0.3 is 0 Å². The quantitative estimate of drug-likeness (QED) is 0.905. The van der Waals surface area contributed by atoms with Gasteiger partial charge in [0.25, 0.3) is 0 Å². The molecule has 5 heteroatoms. The normalized spacial score (nSPS) is 21.0. The third kappa shape index (κ3) is 3.36. The lowest BCUT2D eigenvalue weighted by atomic mass is 9.78. The minimum absolute atomic E-state index is 0.153. The topological polar surface area (TPSA) is 32.3 Å². The lowest BCUT2D eigenvalue weighted by molar-refractivity contribution is -0.132. The predicted octanol–water partition coefficient (Wildman–Crippen LogP) is 3.14. The zero-order chi connectivity index (χ0) is 14.9. The minimum atomic E-state index is 0.153. The van der Waals surface area contributed by atoms with E-state index in [9.17, 15) is 4.79 Å². The summed E-state index contributed by atoms with van der Waals surface area (Å²) in [6.45, 7) is 3.94. The molecule has 0 atom stereocenters. The maximum atomic E-state index is 12.4. The van der Waals surface area contributed by atoms with E-state index in [2.05, 4.69) is 5.32 Å². The molecule has 21 heavy (non-hydrogen) atoms. The van der Waals surface area contributed by atoms with Crippen LogP contribution in [-0.4, -0.2) is 37.0 Å². The summed E-state index contributed by atoms with van der Waals surface area (Å²) in [5.41, 5.74) is 1.25. The van der Waals surface area contributed by atoms with Gasteiger partial charge in [-0.2, -0.15) is 0 Å². The van der Waals surface area contributed by atoms with Crippen LogP contribution >= 0.6 is 23.2 Å². The third-order valence-electron chi connectivity index (χ3n) is 4.86. The maximum Gasteiger partial charge on any atom is 0.227 e. The van der Waals surface area contributed by atoms with E-state index in [4.69, 9.17) is 23.2 Å².